The van der Waals surface area contributed by atoms with E-state index in [2.05, 4.69) is 18.2 Å². The average molecular weight is 559 g/mol. The summed E-state index contributed by atoms with van der Waals surface area (Å²) in [4.78, 5) is 0. The van der Waals surface area contributed by atoms with Crippen molar-refractivity contribution in [2.45, 2.75) is 12.5 Å². The molecule has 0 saturated carbocycles. The topological polar surface area (TPSA) is 69.7 Å². The number of hydrogen-bond donors (Lipinski definition) is 1. The number of hydrogen-bond acceptors (Lipinski definition) is 6. The Balaban J connectivity index is 1.08. The molecule has 6 nitrogen and oxygen atoms in total. The number of aliphatic hydroxyl groups excluding tert-OH is 1. The highest BCUT2D eigenvalue weighted by Gasteiger charge is 2.23. The normalized spacial score (nSPS) is 14.3. The Morgan fingerprint density at radius 1 is 0.524 bits per heavy atom. The van der Waals surface area contributed by atoms with Crippen LogP contribution in [0.3, 0.4) is 0 Å². The summed E-state index contributed by atoms with van der Waals surface area (Å²) in [6.07, 6.45) is 0.823. The third kappa shape index (κ3) is 6.10. The number of ether oxygens (including phenoxy) is 5. The first-order chi connectivity index (χ1) is 20.7. The molecule has 7 rings (SSSR count). The van der Waals surface area contributed by atoms with Crippen molar-refractivity contribution in [3.8, 4) is 34.5 Å². The van der Waals surface area contributed by atoms with Crippen LogP contribution in [0.5, 0.6) is 34.5 Å². The molecule has 42 heavy (non-hydrogen) atoms. The van der Waals surface area contributed by atoms with Crippen LogP contribution in [0.2, 0.25) is 0 Å². The molecule has 1 aliphatic heterocycles. The van der Waals surface area contributed by atoms with E-state index < -0.39 is 0 Å². The number of rotatable bonds is 11. The summed E-state index contributed by atoms with van der Waals surface area (Å²) in [5, 5.41) is 15.4. The molecule has 0 bridgehead atoms. The highest BCUT2D eigenvalue weighted by Crippen LogP contribution is 2.33. The lowest BCUT2D eigenvalue weighted by Crippen LogP contribution is -2.03. The van der Waals surface area contributed by atoms with Crippen molar-refractivity contribution in [2.24, 2.45) is 0 Å². The van der Waals surface area contributed by atoms with Gasteiger partial charge in [0.05, 0.1) is 13.2 Å². The quantitative estimate of drug-likeness (QED) is 0.128. The molecular formula is C36H30O6. The van der Waals surface area contributed by atoms with Crippen LogP contribution in [0, 0.1) is 0 Å². The predicted octanol–water partition coefficient (Wildman–Crippen LogP) is 8.27. The Hall–Kier alpha value is -4.78. The Morgan fingerprint density at radius 2 is 0.905 bits per heavy atom. The second-order valence-corrected chi connectivity index (χ2v) is 10.4. The molecule has 6 heteroatoms. The number of benzene rings is 6. The Bertz CT molecular complexity index is 1880. The van der Waals surface area contributed by atoms with Crippen molar-refractivity contribution >= 4 is 32.3 Å². The molecular weight excluding hydrogens is 528 g/mol. The van der Waals surface area contributed by atoms with Crippen LogP contribution < -0.4 is 18.9 Å². The lowest BCUT2D eigenvalue weighted by molar-refractivity contribution is 0.234. The summed E-state index contributed by atoms with van der Waals surface area (Å²) < 4.78 is 29.4. The van der Waals surface area contributed by atoms with Crippen LogP contribution in [-0.2, 0) is 4.74 Å². The van der Waals surface area contributed by atoms with Gasteiger partial charge in [0.25, 0.3) is 0 Å². The van der Waals surface area contributed by atoms with E-state index in [0.29, 0.717) is 19.6 Å². The van der Waals surface area contributed by atoms with Gasteiger partial charge in [0, 0.05) is 13.0 Å². The fourth-order valence-electron chi connectivity index (χ4n) is 4.92. The molecule has 0 aromatic heterocycles. The summed E-state index contributed by atoms with van der Waals surface area (Å²) in [6, 6.07) is 36.2. The molecule has 1 unspecified atom stereocenters. The second kappa shape index (κ2) is 11.6. The smallest absolute Gasteiger partial charge is 0.128 e. The number of epoxide rings is 1. The molecule has 1 saturated heterocycles. The van der Waals surface area contributed by atoms with E-state index in [-0.39, 0.29) is 12.7 Å². The van der Waals surface area contributed by atoms with Gasteiger partial charge in [-0.25, -0.2) is 0 Å². The van der Waals surface area contributed by atoms with Crippen molar-refractivity contribution in [1.29, 1.82) is 0 Å². The third-order valence-electron chi connectivity index (χ3n) is 7.23. The maximum Gasteiger partial charge on any atom is 0.128 e. The highest BCUT2D eigenvalue weighted by molar-refractivity contribution is 5.87. The Morgan fingerprint density at radius 3 is 1.31 bits per heavy atom. The van der Waals surface area contributed by atoms with E-state index in [1.54, 1.807) is 0 Å². The van der Waals surface area contributed by atoms with E-state index in [1.807, 2.05) is 91.0 Å². The zero-order chi connectivity index (χ0) is 28.3. The van der Waals surface area contributed by atoms with E-state index in [4.69, 9.17) is 28.8 Å². The van der Waals surface area contributed by atoms with E-state index in [1.165, 1.54) is 0 Å². The molecule has 6 aromatic rings. The summed E-state index contributed by atoms with van der Waals surface area (Å²) in [7, 11) is 0. The molecule has 1 fully saturated rings. The first kappa shape index (κ1) is 26.1. The lowest BCUT2D eigenvalue weighted by atomic mass is 10.1. The van der Waals surface area contributed by atoms with Crippen molar-refractivity contribution in [3.05, 3.63) is 109 Å². The van der Waals surface area contributed by atoms with Gasteiger partial charge in [-0.1, -0.05) is 36.4 Å². The van der Waals surface area contributed by atoms with Gasteiger partial charge in [-0.05, 0) is 105 Å². The fraction of sp³-hybridized carbons (Fsp3) is 0.167. The largest absolute Gasteiger partial charge is 0.493 e. The summed E-state index contributed by atoms with van der Waals surface area (Å²) >= 11 is 0. The highest BCUT2D eigenvalue weighted by atomic mass is 16.6. The summed E-state index contributed by atoms with van der Waals surface area (Å²) in [6.45, 7) is 1.95. The van der Waals surface area contributed by atoms with Crippen LogP contribution in [0.25, 0.3) is 32.3 Å². The SMILES string of the molecule is OCCCOc1ccc2ccc(Oc3ccc4ccc(Oc5ccc6ccc(OCC7CO7)cc6c5)cc4c3)cc2c1. The zero-order valence-corrected chi connectivity index (χ0v) is 23.0. The molecule has 6 aromatic carbocycles. The fourth-order valence-corrected chi connectivity index (χ4v) is 4.92. The van der Waals surface area contributed by atoms with Gasteiger partial charge in [0.15, 0.2) is 0 Å². The molecule has 210 valence electrons. The molecule has 1 aliphatic rings. The maximum atomic E-state index is 9.00. The summed E-state index contributed by atoms with van der Waals surface area (Å²) in [5.74, 6) is 4.58. The minimum Gasteiger partial charge on any atom is -0.493 e. The molecule has 0 radical (unpaired) electrons. The average Bonchev–Trinajstić information content (AvgIpc) is 3.84. The van der Waals surface area contributed by atoms with Gasteiger partial charge in [0.1, 0.15) is 47.2 Å². The van der Waals surface area contributed by atoms with E-state index >= 15 is 0 Å². The van der Waals surface area contributed by atoms with Gasteiger partial charge in [-0.15, -0.1) is 0 Å². The van der Waals surface area contributed by atoms with E-state index in [0.717, 1.165) is 73.4 Å². The monoisotopic (exact) mass is 558 g/mol. The first-order valence-corrected chi connectivity index (χ1v) is 14.1. The van der Waals surface area contributed by atoms with Crippen molar-refractivity contribution in [3.63, 3.8) is 0 Å². The van der Waals surface area contributed by atoms with Crippen molar-refractivity contribution in [1.82, 2.24) is 0 Å². The summed E-state index contributed by atoms with van der Waals surface area (Å²) in [5.41, 5.74) is 0. The molecule has 1 N–H and O–H groups in total. The van der Waals surface area contributed by atoms with Gasteiger partial charge in [0.2, 0.25) is 0 Å². The van der Waals surface area contributed by atoms with Crippen molar-refractivity contribution < 1.29 is 28.8 Å². The van der Waals surface area contributed by atoms with Gasteiger partial charge in [-0.2, -0.15) is 0 Å². The van der Waals surface area contributed by atoms with Crippen molar-refractivity contribution in [2.75, 3.05) is 26.4 Å². The zero-order valence-electron chi connectivity index (χ0n) is 23.0. The number of fused-ring (bicyclic) bond motifs is 3. The molecule has 0 aliphatic carbocycles. The number of aliphatic hydroxyl groups is 1. The maximum absolute atomic E-state index is 9.00. The van der Waals surface area contributed by atoms with Crippen LogP contribution >= 0.6 is 0 Å². The Labute approximate surface area is 243 Å². The predicted molar refractivity (Wildman–Crippen MR) is 164 cm³/mol. The van der Waals surface area contributed by atoms with Crippen LogP contribution in [-0.4, -0.2) is 37.6 Å². The van der Waals surface area contributed by atoms with Crippen LogP contribution in [0.15, 0.2) is 109 Å². The molecule has 0 amide bonds. The van der Waals surface area contributed by atoms with Gasteiger partial charge in [-0.3, -0.25) is 0 Å². The molecule has 1 atom stereocenters. The molecule has 0 spiro atoms. The van der Waals surface area contributed by atoms with Crippen LogP contribution in [0.1, 0.15) is 6.42 Å². The Kier molecular flexibility index (Phi) is 7.22. The first-order valence-electron chi connectivity index (χ1n) is 14.1. The molecule has 1 heterocycles. The minimum atomic E-state index is 0.113. The standard InChI is InChI=1S/C36H30O6/c37-14-1-15-38-30-8-2-24-4-10-32(18-27(24)16-30)41-34-12-6-26-7-13-35(21-29(26)20-34)42-33-11-5-25-3-9-31(17-28(25)19-33)39-22-36-23-40-36/h2-13,16-21,36-37H,1,14-15,22-23H2. The third-order valence-corrected chi connectivity index (χ3v) is 7.23. The minimum absolute atomic E-state index is 0.113. The van der Waals surface area contributed by atoms with Gasteiger partial charge < -0.3 is 28.8 Å². The van der Waals surface area contributed by atoms with Gasteiger partial charge >= 0.3 is 0 Å². The van der Waals surface area contributed by atoms with E-state index in [9.17, 15) is 0 Å². The lowest BCUT2D eigenvalue weighted by Gasteiger charge is -2.11. The second-order valence-electron chi connectivity index (χ2n) is 10.4. The van der Waals surface area contributed by atoms with Crippen LogP contribution in [0.4, 0.5) is 0 Å².